The standard InChI is InChI=1S/C16H17N3O3/c20-15(19-9-2-1-3-14(19)16(21)22)12-4-6-13(7-5-12)18-10-8-17-11-18/h4-8,10-11,14H,1-3,9H2,(H,21,22). The number of carbonyl (C=O) groups is 2. The zero-order valence-corrected chi connectivity index (χ0v) is 12.1. The van der Waals surface area contributed by atoms with Gasteiger partial charge in [-0.3, -0.25) is 4.79 Å². The molecule has 1 saturated heterocycles. The predicted molar refractivity (Wildman–Crippen MR) is 79.9 cm³/mol. The van der Waals surface area contributed by atoms with Crippen LogP contribution in [0.25, 0.3) is 5.69 Å². The van der Waals surface area contributed by atoms with Crippen LogP contribution >= 0.6 is 0 Å². The van der Waals surface area contributed by atoms with E-state index in [0.717, 1.165) is 18.5 Å². The van der Waals surface area contributed by atoms with Crippen LogP contribution in [0.15, 0.2) is 43.0 Å². The van der Waals surface area contributed by atoms with E-state index in [1.165, 1.54) is 4.90 Å². The van der Waals surface area contributed by atoms with Gasteiger partial charge < -0.3 is 14.6 Å². The van der Waals surface area contributed by atoms with E-state index >= 15 is 0 Å². The number of carboxylic acids is 1. The van der Waals surface area contributed by atoms with Gasteiger partial charge in [0.15, 0.2) is 0 Å². The Labute approximate surface area is 128 Å². The highest BCUT2D eigenvalue weighted by molar-refractivity contribution is 5.96. The van der Waals surface area contributed by atoms with Crippen LogP contribution in [0.2, 0.25) is 0 Å². The molecule has 1 aromatic carbocycles. The van der Waals surface area contributed by atoms with Gasteiger partial charge in [0.2, 0.25) is 0 Å². The number of likely N-dealkylation sites (tertiary alicyclic amines) is 1. The van der Waals surface area contributed by atoms with Gasteiger partial charge in [0.05, 0.1) is 6.33 Å². The molecule has 114 valence electrons. The molecule has 1 aliphatic rings. The van der Waals surface area contributed by atoms with Crippen LogP contribution in [0.1, 0.15) is 29.6 Å². The second-order valence-electron chi connectivity index (χ2n) is 5.37. The van der Waals surface area contributed by atoms with Gasteiger partial charge in [-0.05, 0) is 43.5 Å². The lowest BCUT2D eigenvalue weighted by atomic mass is 10.0. The van der Waals surface area contributed by atoms with E-state index in [4.69, 9.17) is 0 Å². The lowest BCUT2D eigenvalue weighted by Crippen LogP contribution is -2.47. The molecular weight excluding hydrogens is 282 g/mol. The molecule has 0 spiro atoms. The number of imidazole rings is 1. The van der Waals surface area contributed by atoms with E-state index in [0.29, 0.717) is 18.5 Å². The van der Waals surface area contributed by atoms with Crippen molar-refractivity contribution in [2.24, 2.45) is 0 Å². The molecule has 22 heavy (non-hydrogen) atoms. The van der Waals surface area contributed by atoms with Crippen molar-refractivity contribution in [3.05, 3.63) is 48.5 Å². The fraction of sp³-hybridized carbons (Fsp3) is 0.312. The second kappa shape index (κ2) is 6.01. The monoisotopic (exact) mass is 299 g/mol. The third kappa shape index (κ3) is 2.72. The molecule has 0 aliphatic carbocycles. The minimum Gasteiger partial charge on any atom is -0.480 e. The van der Waals surface area contributed by atoms with Crippen molar-refractivity contribution in [1.29, 1.82) is 0 Å². The van der Waals surface area contributed by atoms with Gasteiger partial charge in [-0.1, -0.05) is 0 Å². The van der Waals surface area contributed by atoms with E-state index in [-0.39, 0.29) is 5.91 Å². The van der Waals surface area contributed by atoms with Crippen LogP contribution in [0, 0.1) is 0 Å². The zero-order chi connectivity index (χ0) is 15.5. The molecule has 6 nitrogen and oxygen atoms in total. The van der Waals surface area contributed by atoms with Crippen LogP contribution in [0.3, 0.4) is 0 Å². The molecule has 1 aromatic heterocycles. The highest BCUT2D eigenvalue weighted by Crippen LogP contribution is 2.20. The number of rotatable bonds is 3. The Morgan fingerprint density at radius 3 is 2.59 bits per heavy atom. The summed E-state index contributed by atoms with van der Waals surface area (Å²) in [6.45, 7) is 0.499. The largest absolute Gasteiger partial charge is 0.480 e. The SMILES string of the molecule is O=C(O)C1CCCCN1C(=O)c1ccc(-n2ccnc2)cc1. The summed E-state index contributed by atoms with van der Waals surface area (Å²) >= 11 is 0. The summed E-state index contributed by atoms with van der Waals surface area (Å²) in [5, 5.41) is 9.27. The van der Waals surface area contributed by atoms with E-state index in [1.54, 1.807) is 24.7 Å². The molecular formula is C16H17N3O3. The second-order valence-corrected chi connectivity index (χ2v) is 5.37. The molecule has 0 radical (unpaired) electrons. The predicted octanol–water partition coefficient (Wildman–Crippen LogP) is 1.95. The molecule has 1 aliphatic heterocycles. The van der Waals surface area contributed by atoms with E-state index in [1.807, 2.05) is 22.9 Å². The van der Waals surface area contributed by atoms with E-state index in [9.17, 15) is 14.7 Å². The highest BCUT2D eigenvalue weighted by atomic mass is 16.4. The average Bonchev–Trinajstić information content (AvgIpc) is 3.09. The molecule has 3 rings (SSSR count). The number of benzene rings is 1. The molecule has 2 aromatic rings. The quantitative estimate of drug-likeness (QED) is 0.940. The fourth-order valence-electron chi connectivity index (χ4n) is 2.79. The van der Waals surface area contributed by atoms with Crippen molar-refractivity contribution in [3.8, 4) is 5.69 Å². The highest BCUT2D eigenvalue weighted by Gasteiger charge is 2.32. The summed E-state index contributed by atoms with van der Waals surface area (Å²) < 4.78 is 1.84. The first kappa shape index (κ1) is 14.3. The van der Waals surface area contributed by atoms with Gasteiger partial charge in [-0.2, -0.15) is 0 Å². The minimum atomic E-state index is -0.928. The van der Waals surface area contributed by atoms with Gasteiger partial charge in [-0.15, -0.1) is 0 Å². The lowest BCUT2D eigenvalue weighted by Gasteiger charge is -2.33. The van der Waals surface area contributed by atoms with Crippen molar-refractivity contribution >= 4 is 11.9 Å². The van der Waals surface area contributed by atoms with Crippen LogP contribution in [0.5, 0.6) is 0 Å². The molecule has 1 amide bonds. The van der Waals surface area contributed by atoms with Crippen molar-refractivity contribution < 1.29 is 14.7 Å². The summed E-state index contributed by atoms with van der Waals surface area (Å²) in [6, 6.07) is 6.40. The first-order valence-corrected chi connectivity index (χ1v) is 7.29. The Kier molecular flexibility index (Phi) is 3.91. The van der Waals surface area contributed by atoms with Crippen molar-refractivity contribution in [3.63, 3.8) is 0 Å². The van der Waals surface area contributed by atoms with Crippen molar-refractivity contribution in [2.45, 2.75) is 25.3 Å². The number of aliphatic carboxylic acids is 1. The van der Waals surface area contributed by atoms with Crippen molar-refractivity contribution in [2.75, 3.05) is 6.54 Å². The number of aromatic nitrogens is 2. The van der Waals surface area contributed by atoms with Gasteiger partial charge in [0.1, 0.15) is 6.04 Å². The van der Waals surface area contributed by atoms with Crippen LogP contribution in [0.4, 0.5) is 0 Å². The van der Waals surface area contributed by atoms with Gasteiger partial charge in [0, 0.05) is 30.2 Å². The Balaban J connectivity index is 1.81. The maximum atomic E-state index is 12.6. The van der Waals surface area contributed by atoms with E-state index in [2.05, 4.69) is 4.98 Å². The average molecular weight is 299 g/mol. The first-order valence-electron chi connectivity index (χ1n) is 7.29. The molecule has 1 unspecified atom stereocenters. The van der Waals surface area contributed by atoms with Gasteiger partial charge in [0.25, 0.3) is 5.91 Å². The molecule has 2 heterocycles. The molecule has 0 bridgehead atoms. The number of nitrogens with zero attached hydrogens (tertiary/aromatic N) is 3. The molecule has 0 saturated carbocycles. The molecule has 6 heteroatoms. The Morgan fingerprint density at radius 1 is 1.18 bits per heavy atom. The summed E-state index contributed by atoms with van der Waals surface area (Å²) in [5.41, 5.74) is 1.42. The number of hydrogen-bond donors (Lipinski definition) is 1. The Hall–Kier alpha value is -2.63. The molecule has 1 atom stereocenters. The summed E-state index contributed by atoms with van der Waals surface area (Å²) in [5.74, 6) is -1.15. The number of piperidine rings is 1. The third-order valence-electron chi connectivity index (χ3n) is 3.97. The maximum Gasteiger partial charge on any atom is 0.326 e. The minimum absolute atomic E-state index is 0.218. The van der Waals surface area contributed by atoms with Crippen LogP contribution in [-0.2, 0) is 4.79 Å². The topological polar surface area (TPSA) is 75.4 Å². The maximum absolute atomic E-state index is 12.6. The fourth-order valence-corrected chi connectivity index (χ4v) is 2.79. The summed E-state index contributed by atoms with van der Waals surface area (Å²) in [7, 11) is 0. The molecule has 1 fully saturated rings. The van der Waals surface area contributed by atoms with Crippen molar-refractivity contribution in [1.82, 2.24) is 14.5 Å². The zero-order valence-electron chi connectivity index (χ0n) is 12.1. The van der Waals surface area contributed by atoms with Gasteiger partial charge >= 0.3 is 5.97 Å². The first-order chi connectivity index (χ1) is 10.7. The number of hydrogen-bond acceptors (Lipinski definition) is 3. The Morgan fingerprint density at radius 2 is 1.95 bits per heavy atom. The summed E-state index contributed by atoms with van der Waals surface area (Å²) in [6.07, 6.45) is 7.41. The smallest absolute Gasteiger partial charge is 0.326 e. The summed E-state index contributed by atoms with van der Waals surface area (Å²) in [4.78, 5) is 29.3. The Bertz CT molecular complexity index is 664. The molecule has 1 N–H and O–H groups in total. The van der Waals surface area contributed by atoms with Crippen LogP contribution in [-0.4, -0.2) is 44.0 Å². The number of carbonyl (C=O) groups excluding carboxylic acids is 1. The normalized spacial score (nSPS) is 18.2. The third-order valence-corrected chi connectivity index (χ3v) is 3.97. The number of carboxylic acid groups (broad SMARTS) is 1. The van der Waals surface area contributed by atoms with Gasteiger partial charge in [-0.25, -0.2) is 9.78 Å². The van der Waals surface area contributed by atoms with E-state index < -0.39 is 12.0 Å². The lowest BCUT2D eigenvalue weighted by molar-refractivity contribution is -0.143. The van der Waals surface area contributed by atoms with Crippen LogP contribution < -0.4 is 0 Å². The number of amides is 1.